The summed E-state index contributed by atoms with van der Waals surface area (Å²) in [4.78, 5) is 40.6. The molecule has 0 unspecified atom stereocenters. The van der Waals surface area contributed by atoms with Crippen LogP contribution in [0.1, 0.15) is 40.8 Å². The predicted octanol–water partition coefficient (Wildman–Crippen LogP) is 2.42. The third-order valence-corrected chi connectivity index (χ3v) is 4.73. The molecule has 0 amide bonds. The van der Waals surface area contributed by atoms with Crippen LogP contribution in [0.2, 0.25) is 0 Å². The van der Waals surface area contributed by atoms with Crippen LogP contribution in [0.5, 0.6) is 0 Å². The maximum absolute atomic E-state index is 12.0. The average molecular weight is 371 g/mol. The number of ether oxygens (including phenoxy) is 1. The van der Waals surface area contributed by atoms with Crippen molar-refractivity contribution >= 4 is 28.1 Å². The van der Waals surface area contributed by atoms with E-state index in [4.69, 9.17) is 4.74 Å². The lowest BCUT2D eigenvalue weighted by Gasteiger charge is -2.04. The maximum Gasteiger partial charge on any atom is 0.306 e. The lowest BCUT2D eigenvalue weighted by Crippen LogP contribution is -2.16. The number of ketones is 1. The maximum atomic E-state index is 12.0. The van der Waals surface area contributed by atoms with Gasteiger partial charge in [0, 0.05) is 18.1 Å². The van der Waals surface area contributed by atoms with Gasteiger partial charge >= 0.3 is 5.97 Å². The van der Waals surface area contributed by atoms with E-state index in [1.54, 1.807) is 24.3 Å². The van der Waals surface area contributed by atoms with Gasteiger partial charge in [0.2, 0.25) is 4.96 Å². The zero-order valence-corrected chi connectivity index (χ0v) is 15.0. The molecule has 0 aliphatic heterocycles. The Balaban J connectivity index is 1.57. The highest BCUT2D eigenvalue weighted by Crippen LogP contribution is 2.12. The number of carbonyl (C=O) groups excluding carboxylic acids is 2. The first kappa shape index (κ1) is 17.9. The van der Waals surface area contributed by atoms with Crippen LogP contribution in [-0.2, 0) is 22.6 Å². The van der Waals surface area contributed by atoms with Crippen molar-refractivity contribution in [3.8, 4) is 0 Å². The number of benzene rings is 1. The molecule has 134 valence electrons. The second-order valence-electron chi connectivity index (χ2n) is 5.58. The van der Waals surface area contributed by atoms with Crippen LogP contribution in [0.25, 0.3) is 4.96 Å². The number of aromatic nitrogens is 3. The van der Waals surface area contributed by atoms with E-state index in [1.807, 2.05) is 13.0 Å². The first-order chi connectivity index (χ1) is 12.6. The second-order valence-corrected chi connectivity index (χ2v) is 6.62. The van der Waals surface area contributed by atoms with Crippen molar-refractivity contribution in [3.63, 3.8) is 0 Å². The van der Waals surface area contributed by atoms with Crippen molar-refractivity contribution in [2.45, 2.75) is 32.8 Å². The fraction of sp³-hybridized carbons (Fsp3) is 0.278. The normalized spacial score (nSPS) is 10.8. The van der Waals surface area contributed by atoms with Gasteiger partial charge in [-0.2, -0.15) is 9.61 Å². The summed E-state index contributed by atoms with van der Waals surface area (Å²) in [5, 5.41) is 4.97. The van der Waals surface area contributed by atoms with Crippen LogP contribution in [0.4, 0.5) is 0 Å². The monoisotopic (exact) mass is 371 g/mol. The summed E-state index contributed by atoms with van der Waals surface area (Å²) in [5.41, 5.74) is 0.623. The van der Waals surface area contributed by atoms with Crippen LogP contribution in [0, 0.1) is 0 Å². The van der Waals surface area contributed by atoms with Crippen LogP contribution in [-0.4, -0.2) is 26.4 Å². The highest BCUT2D eigenvalue weighted by atomic mass is 32.1. The fourth-order valence-electron chi connectivity index (χ4n) is 2.32. The lowest BCUT2D eigenvalue weighted by atomic mass is 10.1. The minimum Gasteiger partial charge on any atom is -0.459 e. The minimum atomic E-state index is -0.505. The molecule has 0 bridgehead atoms. The van der Waals surface area contributed by atoms with Gasteiger partial charge in [-0.25, -0.2) is 4.98 Å². The molecule has 0 fully saturated rings. The standard InChI is InChI=1S/C18H17N3O4S/c1-2-15-20-21-16(23)10-13(19-18(21)26-15)11-25-17(24)9-8-14(22)12-6-4-3-5-7-12/h3-7,10H,2,8-9,11H2,1H3. The molecule has 0 radical (unpaired) electrons. The lowest BCUT2D eigenvalue weighted by molar-refractivity contribution is -0.145. The van der Waals surface area contributed by atoms with Crippen molar-refractivity contribution < 1.29 is 14.3 Å². The molecule has 8 heteroatoms. The summed E-state index contributed by atoms with van der Waals surface area (Å²) in [5.74, 6) is -0.619. The number of esters is 1. The van der Waals surface area contributed by atoms with E-state index in [0.29, 0.717) is 22.6 Å². The van der Waals surface area contributed by atoms with E-state index in [1.165, 1.54) is 21.9 Å². The zero-order chi connectivity index (χ0) is 18.5. The van der Waals surface area contributed by atoms with Gasteiger partial charge in [0.05, 0.1) is 12.1 Å². The van der Waals surface area contributed by atoms with Crippen molar-refractivity contribution in [2.24, 2.45) is 0 Å². The number of nitrogens with zero attached hydrogens (tertiary/aromatic N) is 3. The van der Waals surface area contributed by atoms with Gasteiger partial charge < -0.3 is 4.74 Å². The van der Waals surface area contributed by atoms with Gasteiger partial charge in [-0.1, -0.05) is 48.6 Å². The molecule has 0 saturated carbocycles. The van der Waals surface area contributed by atoms with E-state index in [9.17, 15) is 14.4 Å². The van der Waals surface area contributed by atoms with Crippen LogP contribution >= 0.6 is 11.3 Å². The molecular weight excluding hydrogens is 354 g/mol. The molecule has 3 aromatic rings. The summed E-state index contributed by atoms with van der Waals surface area (Å²) in [6.07, 6.45) is 0.773. The summed E-state index contributed by atoms with van der Waals surface area (Å²) >= 11 is 1.33. The highest BCUT2D eigenvalue weighted by Gasteiger charge is 2.12. The highest BCUT2D eigenvalue weighted by molar-refractivity contribution is 7.16. The molecule has 0 aliphatic rings. The van der Waals surface area contributed by atoms with Crippen molar-refractivity contribution in [3.05, 3.63) is 63.0 Å². The largest absolute Gasteiger partial charge is 0.459 e. The Morgan fingerprint density at radius 3 is 2.69 bits per heavy atom. The molecular formula is C18H17N3O4S. The third-order valence-electron chi connectivity index (χ3n) is 3.68. The third kappa shape index (κ3) is 4.20. The molecule has 0 aliphatic carbocycles. The number of hydrogen-bond donors (Lipinski definition) is 0. The topological polar surface area (TPSA) is 90.6 Å². The van der Waals surface area contributed by atoms with Gasteiger partial charge in [-0.3, -0.25) is 14.4 Å². The molecule has 0 saturated heterocycles. The van der Waals surface area contributed by atoms with Crippen molar-refractivity contribution in [2.75, 3.05) is 0 Å². The van der Waals surface area contributed by atoms with E-state index in [2.05, 4.69) is 10.1 Å². The quantitative estimate of drug-likeness (QED) is 0.468. The number of fused-ring (bicyclic) bond motifs is 1. The molecule has 0 spiro atoms. The van der Waals surface area contributed by atoms with Crippen molar-refractivity contribution in [1.29, 1.82) is 0 Å². The number of hydrogen-bond acceptors (Lipinski definition) is 7. The van der Waals surface area contributed by atoms with E-state index in [0.717, 1.165) is 5.01 Å². The minimum absolute atomic E-state index is 0.0184. The fourth-order valence-corrected chi connectivity index (χ4v) is 3.18. The van der Waals surface area contributed by atoms with E-state index >= 15 is 0 Å². The summed E-state index contributed by atoms with van der Waals surface area (Å²) in [6.45, 7) is 1.84. The van der Waals surface area contributed by atoms with Gasteiger partial charge in [-0.15, -0.1) is 0 Å². The van der Waals surface area contributed by atoms with Crippen LogP contribution in [0.15, 0.2) is 41.2 Å². The summed E-state index contributed by atoms with van der Waals surface area (Å²) in [6, 6.07) is 10.1. The first-order valence-electron chi connectivity index (χ1n) is 8.19. The molecule has 2 heterocycles. The molecule has 0 atom stereocenters. The van der Waals surface area contributed by atoms with Crippen molar-refractivity contribution in [1.82, 2.24) is 14.6 Å². The second kappa shape index (κ2) is 8.01. The van der Waals surface area contributed by atoms with E-state index < -0.39 is 5.97 Å². The molecule has 7 nitrogen and oxygen atoms in total. The molecule has 0 N–H and O–H groups in total. The number of carbonyl (C=O) groups is 2. The number of Topliss-reactive ketones (excluding diaryl/α,β-unsaturated/α-hetero) is 1. The SMILES string of the molecule is CCc1nn2c(=O)cc(COC(=O)CCC(=O)c3ccccc3)nc2s1. The van der Waals surface area contributed by atoms with Gasteiger partial charge in [0.15, 0.2) is 5.78 Å². The number of aryl methyl sites for hydroxylation is 1. The summed E-state index contributed by atoms with van der Waals surface area (Å²) < 4.78 is 6.38. The Labute approximate surface area is 153 Å². The molecule has 1 aromatic carbocycles. The molecule has 3 rings (SSSR count). The van der Waals surface area contributed by atoms with Gasteiger partial charge in [-0.05, 0) is 6.42 Å². The Hall–Kier alpha value is -2.87. The van der Waals surface area contributed by atoms with Gasteiger partial charge in [0.25, 0.3) is 5.56 Å². The molecule has 26 heavy (non-hydrogen) atoms. The average Bonchev–Trinajstić information content (AvgIpc) is 3.09. The van der Waals surface area contributed by atoms with E-state index in [-0.39, 0.29) is 30.8 Å². The molecule has 2 aromatic heterocycles. The Morgan fingerprint density at radius 1 is 1.19 bits per heavy atom. The Kier molecular flexibility index (Phi) is 5.52. The Morgan fingerprint density at radius 2 is 1.96 bits per heavy atom. The van der Waals surface area contributed by atoms with Gasteiger partial charge in [0.1, 0.15) is 11.6 Å². The van der Waals surface area contributed by atoms with Crippen LogP contribution in [0.3, 0.4) is 0 Å². The number of rotatable bonds is 7. The zero-order valence-electron chi connectivity index (χ0n) is 14.2. The Bertz CT molecular complexity index is 995. The summed E-state index contributed by atoms with van der Waals surface area (Å²) in [7, 11) is 0. The smallest absolute Gasteiger partial charge is 0.306 e. The predicted molar refractivity (Wildman–Crippen MR) is 96.3 cm³/mol. The first-order valence-corrected chi connectivity index (χ1v) is 9.01. The van der Waals surface area contributed by atoms with Crippen LogP contribution < -0.4 is 5.56 Å².